The number of hydrogen-bond donors (Lipinski definition) is 1. The minimum atomic E-state index is -1.08. The summed E-state index contributed by atoms with van der Waals surface area (Å²) in [5, 5.41) is 2.50. The van der Waals surface area contributed by atoms with E-state index in [1.54, 1.807) is 24.3 Å². The molecule has 8 heteroatoms. The number of imide groups is 1. The Balaban J connectivity index is 1.78. The minimum Gasteiger partial charge on any atom is -0.494 e. The van der Waals surface area contributed by atoms with Gasteiger partial charge in [-0.25, -0.2) is 4.79 Å². The number of esters is 1. The van der Waals surface area contributed by atoms with Gasteiger partial charge in [-0.2, -0.15) is 0 Å². The van der Waals surface area contributed by atoms with Gasteiger partial charge < -0.3 is 14.8 Å². The molecule has 0 radical (unpaired) electrons. The molecule has 27 heavy (non-hydrogen) atoms. The molecule has 0 spiro atoms. The number of carbonyl (C=O) groups excluding carboxylic acids is 4. The van der Waals surface area contributed by atoms with Gasteiger partial charge in [-0.1, -0.05) is 6.92 Å². The molecule has 2 rings (SSSR count). The maximum atomic E-state index is 12.2. The van der Waals surface area contributed by atoms with Crippen molar-refractivity contribution in [3.05, 3.63) is 29.8 Å². The fourth-order valence-electron chi connectivity index (χ4n) is 2.52. The van der Waals surface area contributed by atoms with Gasteiger partial charge in [-0.3, -0.25) is 19.3 Å². The number of rotatable bonds is 9. The van der Waals surface area contributed by atoms with E-state index in [1.165, 1.54) is 6.92 Å². The zero-order chi connectivity index (χ0) is 19.8. The highest BCUT2D eigenvalue weighted by molar-refractivity contribution is 5.99. The van der Waals surface area contributed by atoms with Gasteiger partial charge in [-0.05, 0) is 37.6 Å². The highest BCUT2D eigenvalue weighted by atomic mass is 16.5. The van der Waals surface area contributed by atoms with Crippen molar-refractivity contribution in [2.24, 2.45) is 0 Å². The highest BCUT2D eigenvalue weighted by Gasteiger charge is 2.31. The highest BCUT2D eigenvalue weighted by Crippen LogP contribution is 2.15. The summed E-state index contributed by atoms with van der Waals surface area (Å²) in [6.07, 6.45) is -0.353. The van der Waals surface area contributed by atoms with E-state index >= 15 is 0 Å². The van der Waals surface area contributed by atoms with Crippen molar-refractivity contribution in [2.45, 2.75) is 39.2 Å². The summed E-state index contributed by atoms with van der Waals surface area (Å²) in [5.41, 5.74) is 0.476. The average Bonchev–Trinajstić information content (AvgIpc) is 3.10. The van der Waals surface area contributed by atoms with Gasteiger partial charge in [0.1, 0.15) is 5.75 Å². The van der Waals surface area contributed by atoms with E-state index in [0.717, 1.165) is 11.3 Å². The van der Waals surface area contributed by atoms with Crippen LogP contribution in [0.25, 0.3) is 0 Å². The largest absolute Gasteiger partial charge is 0.494 e. The molecule has 1 heterocycles. The van der Waals surface area contributed by atoms with Crippen LogP contribution in [0.4, 0.5) is 4.79 Å². The molecule has 0 bridgehead atoms. The average molecular weight is 376 g/mol. The van der Waals surface area contributed by atoms with Crippen molar-refractivity contribution in [1.82, 2.24) is 10.2 Å². The van der Waals surface area contributed by atoms with Crippen LogP contribution in [-0.2, 0) is 14.3 Å². The number of benzene rings is 1. The Morgan fingerprint density at radius 2 is 1.89 bits per heavy atom. The first-order valence-electron chi connectivity index (χ1n) is 8.97. The summed E-state index contributed by atoms with van der Waals surface area (Å²) < 4.78 is 10.5. The first-order chi connectivity index (χ1) is 12.9. The predicted molar refractivity (Wildman–Crippen MR) is 96.5 cm³/mol. The van der Waals surface area contributed by atoms with Crippen LogP contribution >= 0.6 is 0 Å². The van der Waals surface area contributed by atoms with Gasteiger partial charge in [-0.15, -0.1) is 0 Å². The van der Waals surface area contributed by atoms with E-state index in [1.807, 2.05) is 6.92 Å². The molecule has 0 saturated carbocycles. The van der Waals surface area contributed by atoms with Crippen molar-refractivity contribution < 1.29 is 28.7 Å². The number of carbonyl (C=O) groups is 4. The third-order valence-corrected chi connectivity index (χ3v) is 3.98. The number of ketones is 1. The smallest absolute Gasteiger partial charge is 0.324 e. The topological polar surface area (TPSA) is 102 Å². The second-order valence-corrected chi connectivity index (χ2v) is 6.15. The molecule has 1 fully saturated rings. The van der Waals surface area contributed by atoms with Crippen molar-refractivity contribution in [3.63, 3.8) is 0 Å². The Labute approximate surface area is 157 Å². The van der Waals surface area contributed by atoms with E-state index in [0.29, 0.717) is 24.5 Å². The summed E-state index contributed by atoms with van der Waals surface area (Å²) in [4.78, 5) is 48.6. The molecule has 146 valence electrons. The number of hydrogen-bond acceptors (Lipinski definition) is 6. The van der Waals surface area contributed by atoms with Crippen LogP contribution in [0.1, 0.15) is 43.5 Å². The number of nitrogens with one attached hydrogen (secondary N) is 1. The van der Waals surface area contributed by atoms with Crippen LogP contribution < -0.4 is 10.1 Å². The third-order valence-electron chi connectivity index (χ3n) is 3.98. The van der Waals surface area contributed by atoms with Crippen LogP contribution in [0, 0.1) is 0 Å². The zero-order valence-corrected chi connectivity index (χ0v) is 15.5. The number of Topliss-reactive ketones (excluding diaryl/α,β-unsaturated/α-hetero) is 1. The van der Waals surface area contributed by atoms with Crippen molar-refractivity contribution in [2.75, 3.05) is 19.7 Å². The van der Waals surface area contributed by atoms with Gasteiger partial charge in [0.15, 0.2) is 11.9 Å². The molecule has 1 aromatic rings. The van der Waals surface area contributed by atoms with Crippen LogP contribution in [0.2, 0.25) is 0 Å². The molecule has 1 aliphatic heterocycles. The van der Waals surface area contributed by atoms with Gasteiger partial charge in [0, 0.05) is 25.1 Å². The van der Waals surface area contributed by atoms with E-state index in [2.05, 4.69) is 5.32 Å². The Morgan fingerprint density at radius 1 is 1.19 bits per heavy atom. The molecule has 0 aromatic heterocycles. The van der Waals surface area contributed by atoms with Crippen molar-refractivity contribution in [3.8, 4) is 5.75 Å². The van der Waals surface area contributed by atoms with Crippen LogP contribution in [-0.4, -0.2) is 54.4 Å². The lowest BCUT2D eigenvalue weighted by Crippen LogP contribution is -2.41. The van der Waals surface area contributed by atoms with E-state index < -0.39 is 24.0 Å². The van der Waals surface area contributed by atoms with E-state index in [9.17, 15) is 19.2 Å². The van der Waals surface area contributed by atoms with E-state index in [-0.39, 0.29) is 25.2 Å². The van der Waals surface area contributed by atoms with Crippen LogP contribution in [0.3, 0.4) is 0 Å². The second kappa shape index (κ2) is 9.70. The second-order valence-electron chi connectivity index (χ2n) is 6.15. The Bertz CT molecular complexity index is 701. The van der Waals surface area contributed by atoms with Gasteiger partial charge in [0.05, 0.1) is 13.0 Å². The molecule has 1 aromatic carbocycles. The fraction of sp³-hybridized carbons (Fsp3) is 0.474. The summed E-state index contributed by atoms with van der Waals surface area (Å²) in [6, 6.07) is 6.23. The molecule has 1 unspecified atom stereocenters. The normalized spacial score (nSPS) is 14.4. The number of urea groups is 1. The SMILES string of the molecule is CCCOc1ccc(C(=O)CCC(=O)OC(C)C(=O)N2CCNC2=O)cc1. The van der Waals surface area contributed by atoms with Crippen LogP contribution in [0.5, 0.6) is 5.75 Å². The molecule has 1 saturated heterocycles. The number of nitrogens with zero attached hydrogens (tertiary/aromatic N) is 1. The lowest BCUT2D eigenvalue weighted by molar-refractivity contribution is -0.157. The summed E-state index contributed by atoms with van der Waals surface area (Å²) in [6.45, 7) is 4.64. The predicted octanol–water partition coefficient (Wildman–Crippen LogP) is 1.92. The van der Waals surface area contributed by atoms with Gasteiger partial charge in [0.2, 0.25) is 0 Å². The lowest BCUT2D eigenvalue weighted by Gasteiger charge is -2.18. The van der Waals surface area contributed by atoms with Gasteiger partial charge >= 0.3 is 12.0 Å². The van der Waals surface area contributed by atoms with Crippen molar-refractivity contribution >= 4 is 23.7 Å². The summed E-state index contributed by atoms with van der Waals surface area (Å²) in [5.74, 6) is -0.753. The Kier molecular flexibility index (Phi) is 7.34. The standard InChI is InChI=1S/C19H24N2O6/c1-3-12-26-15-6-4-14(5-7-15)16(22)8-9-17(23)27-13(2)18(24)21-11-10-20-19(21)25/h4-7,13H,3,8-12H2,1-2H3,(H,20,25). The summed E-state index contributed by atoms with van der Waals surface area (Å²) in [7, 11) is 0. The quantitative estimate of drug-likeness (QED) is 0.522. The Morgan fingerprint density at radius 3 is 2.48 bits per heavy atom. The van der Waals surface area contributed by atoms with Crippen LogP contribution in [0.15, 0.2) is 24.3 Å². The Hall–Kier alpha value is -2.90. The monoisotopic (exact) mass is 376 g/mol. The lowest BCUT2D eigenvalue weighted by atomic mass is 10.1. The van der Waals surface area contributed by atoms with Crippen molar-refractivity contribution in [1.29, 1.82) is 0 Å². The summed E-state index contributed by atoms with van der Waals surface area (Å²) >= 11 is 0. The number of amides is 3. The molecule has 1 atom stereocenters. The molecule has 0 aliphatic carbocycles. The molecule has 8 nitrogen and oxygen atoms in total. The number of ether oxygens (including phenoxy) is 2. The van der Waals surface area contributed by atoms with E-state index in [4.69, 9.17) is 9.47 Å². The first kappa shape index (κ1) is 20.4. The maximum Gasteiger partial charge on any atom is 0.324 e. The maximum absolute atomic E-state index is 12.2. The zero-order valence-electron chi connectivity index (χ0n) is 15.5. The third kappa shape index (κ3) is 5.80. The first-order valence-corrected chi connectivity index (χ1v) is 8.97. The molecule has 3 amide bonds. The fourth-order valence-corrected chi connectivity index (χ4v) is 2.52. The minimum absolute atomic E-state index is 0.0287. The van der Waals surface area contributed by atoms with Gasteiger partial charge in [0.25, 0.3) is 5.91 Å². The molecular formula is C19H24N2O6. The molecule has 1 N–H and O–H groups in total. The molecule has 1 aliphatic rings. The molecular weight excluding hydrogens is 352 g/mol.